The zero-order valence-corrected chi connectivity index (χ0v) is 4.59. The second-order valence-corrected chi connectivity index (χ2v) is 1.61. The van der Waals surface area contributed by atoms with Gasteiger partial charge in [-0.3, -0.25) is 9.79 Å². The van der Waals surface area contributed by atoms with Gasteiger partial charge in [-0.25, -0.2) is 4.99 Å². The molecule has 0 aliphatic carbocycles. The molecule has 0 aromatic carbocycles. The molecule has 8 heavy (non-hydrogen) atoms. The molecule has 1 heterocycles. The summed E-state index contributed by atoms with van der Waals surface area (Å²) in [6.07, 6.45) is 1.48. The number of carbonyl (C=O) groups excluding carboxylic acids is 1. The minimum atomic E-state index is -0.157. The van der Waals surface area contributed by atoms with Gasteiger partial charge in [0, 0.05) is 0 Å². The highest BCUT2D eigenvalue weighted by Gasteiger charge is 1.99. The first-order valence-electron chi connectivity index (χ1n) is 2.37. The van der Waals surface area contributed by atoms with Crippen molar-refractivity contribution in [3.63, 3.8) is 0 Å². The average molecular weight is 110 g/mol. The van der Waals surface area contributed by atoms with Crippen LogP contribution in [0.5, 0.6) is 0 Å². The number of aliphatic imine (C=N–C) groups is 2. The van der Waals surface area contributed by atoms with E-state index >= 15 is 0 Å². The third kappa shape index (κ3) is 0.992. The summed E-state index contributed by atoms with van der Waals surface area (Å²) in [6, 6.07) is 0. The van der Waals surface area contributed by atoms with Gasteiger partial charge in [-0.05, 0) is 6.92 Å². The number of hydrogen-bond acceptors (Lipinski definition) is 2. The summed E-state index contributed by atoms with van der Waals surface area (Å²) in [6.45, 7) is 2.04. The molecule has 0 saturated carbocycles. The van der Waals surface area contributed by atoms with Crippen molar-refractivity contribution in [3.8, 4) is 0 Å². The number of hydrogen-bond donors (Lipinski definition) is 0. The Morgan fingerprint density at radius 1 is 1.75 bits per heavy atom. The zero-order valence-electron chi connectivity index (χ0n) is 4.59. The SMILES string of the molecule is CC1=NCC(=O)N=C1. The summed E-state index contributed by atoms with van der Waals surface area (Å²) >= 11 is 0. The summed E-state index contributed by atoms with van der Waals surface area (Å²) < 4.78 is 0. The number of nitrogens with zero attached hydrogens (tertiary/aromatic N) is 2. The number of rotatable bonds is 0. The van der Waals surface area contributed by atoms with Crippen LogP contribution in [0, 0.1) is 0 Å². The van der Waals surface area contributed by atoms with Gasteiger partial charge in [-0.15, -0.1) is 0 Å². The van der Waals surface area contributed by atoms with Gasteiger partial charge in [-0.1, -0.05) is 0 Å². The lowest BCUT2D eigenvalue weighted by atomic mass is 10.4. The molecule has 1 aliphatic heterocycles. The van der Waals surface area contributed by atoms with E-state index < -0.39 is 0 Å². The maximum Gasteiger partial charge on any atom is 0.267 e. The Bertz CT molecular complexity index is 167. The standard InChI is InChI=1S/C5H6N2O/c1-4-2-7-5(8)3-6-4/h2H,3H2,1H3. The Balaban J connectivity index is 2.71. The van der Waals surface area contributed by atoms with E-state index in [0.29, 0.717) is 0 Å². The van der Waals surface area contributed by atoms with Gasteiger partial charge in [0.25, 0.3) is 5.91 Å². The van der Waals surface area contributed by atoms with Crippen molar-refractivity contribution in [2.75, 3.05) is 6.54 Å². The maximum absolute atomic E-state index is 10.3. The summed E-state index contributed by atoms with van der Waals surface area (Å²) in [5, 5.41) is 0. The Morgan fingerprint density at radius 3 is 2.88 bits per heavy atom. The topological polar surface area (TPSA) is 41.8 Å². The van der Waals surface area contributed by atoms with Crippen molar-refractivity contribution < 1.29 is 4.79 Å². The molecule has 0 spiro atoms. The predicted octanol–water partition coefficient (Wildman–Crippen LogP) is 0.0583. The minimum Gasteiger partial charge on any atom is -0.278 e. The molecule has 0 atom stereocenters. The molecule has 0 aromatic rings. The van der Waals surface area contributed by atoms with Crippen molar-refractivity contribution in [2.24, 2.45) is 9.98 Å². The highest BCUT2D eigenvalue weighted by molar-refractivity contribution is 6.32. The second-order valence-electron chi connectivity index (χ2n) is 1.61. The normalized spacial score (nSPS) is 18.6. The van der Waals surface area contributed by atoms with Gasteiger partial charge in [0.2, 0.25) is 0 Å². The fraction of sp³-hybridized carbons (Fsp3) is 0.400. The van der Waals surface area contributed by atoms with Crippen LogP contribution in [-0.2, 0) is 4.79 Å². The van der Waals surface area contributed by atoms with Gasteiger partial charge in [0.05, 0.1) is 11.9 Å². The molecule has 1 rings (SSSR count). The van der Waals surface area contributed by atoms with E-state index in [1.807, 2.05) is 6.92 Å². The summed E-state index contributed by atoms with van der Waals surface area (Å²) in [5.74, 6) is -0.157. The second kappa shape index (κ2) is 1.86. The molecular formula is C5H6N2O. The van der Waals surface area contributed by atoms with Crippen molar-refractivity contribution >= 4 is 17.8 Å². The van der Waals surface area contributed by atoms with E-state index in [4.69, 9.17) is 0 Å². The summed E-state index contributed by atoms with van der Waals surface area (Å²) in [4.78, 5) is 17.6. The average Bonchev–Trinajstić information content (AvgIpc) is 1.77. The van der Waals surface area contributed by atoms with Gasteiger partial charge < -0.3 is 0 Å². The largest absolute Gasteiger partial charge is 0.278 e. The van der Waals surface area contributed by atoms with Crippen molar-refractivity contribution in [1.29, 1.82) is 0 Å². The van der Waals surface area contributed by atoms with Gasteiger partial charge >= 0.3 is 0 Å². The molecule has 0 unspecified atom stereocenters. The maximum atomic E-state index is 10.3. The Labute approximate surface area is 47.1 Å². The third-order valence-corrected chi connectivity index (χ3v) is 0.859. The highest BCUT2D eigenvalue weighted by Crippen LogP contribution is 1.85. The molecule has 0 bridgehead atoms. The lowest BCUT2D eigenvalue weighted by Gasteiger charge is -1.95. The van der Waals surface area contributed by atoms with Crippen LogP contribution in [0.15, 0.2) is 9.98 Å². The molecule has 3 heteroatoms. The third-order valence-electron chi connectivity index (χ3n) is 0.859. The fourth-order valence-corrected chi connectivity index (χ4v) is 0.439. The molecule has 1 aliphatic rings. The van der Waals surface area contributed by atoms with E-state index in [1.165, 1.54) is 6.21 Å². The Hall–Kier alpha value is -0.990. The van der Waals surface area contributed by atoms with Crippen LogP contribution in [0.2, 0.25) is 0 Å². The van der Waals surface area contributed by atoms with E-state index in [-0.39, 0.29) is 12.5 Å². The smallest absolute Gasteiger partial charge is 0.267 e. The lowest BCUT2D eigenvalue weighted by Crippen LogP contribution is -2.09. The van der Waals surface area contributed by atoms with E-state index in [9.17, 15) is 4.79 Å². The number of amides is 1. The molecule has 42 valence electrons. The van der Waals surface area contributed by atoms with Gasteiger partial charge in [0.1, 0.15) is 6.54 Å². The van der Waals surface area contributed by atoms with Crippen molar-refractivity contribution in [1.82, 2.24) is 0 Å². The fourth-order valence-electron chi connectivity index (χ4n) is 0.439. The molecule has 0 radical (unpaired) electrons. The van der Waals surface area contributed by atoms with E-state index in [0.717, 1.165) is 5.71 Å². The Morgan fingerprint density at radius 2 is 2.50 bits per heavy atom. The monoisotopic (exact) mass is 110 g/mol. The molecule has 0 fully saturated rings. The number of carbonyl (C=O) groups is 1. The van der Waals surface area contributed by atoms with Crippen LogP contribution in [0.25, 0.3) is 0 Å². The minimum absolute atomic E-state index is 0.157. The quantitative estimate of drug-likeness (QED) is 0.434. The highest BCUT2D eigenvalue weighted by atomic mass is 16.1. The van der Waals surface area contributed by atoms with E-state index in [1.54, 1.807) is 0 Å². The summed E-state index contributed by atoms with van der Waals surface area (Å²) in [5.41, 5.74) is 0.824. The van der Waals surface area contributed by atoms with Crippen LogP contribution >= 0.6 is 0 Å². The van der Waals surface area contributed by atoms with Crippen LogP contribution in [-0.4, -0.2) is 24.4 Å². The lowest BCUT2D eigenvalue weighted by molar-refractivity contribution is -0.116. The predicted molar refractivity (Wildman–Crippen MR) is 31.5 cm³/mol. The Kier molecular flexibility index (Phi) is 1.20. The molecule has 0 N–H and O–H groups in total. The molecule has 0 saturated heterocycles. The molecular weight excluding hydrogens is 104 g/mol. The van der Waals surface area contributed by atoms with Crippen molar-refractivity contribution in [2.45, 2.75) is 6.92 Å². The molecule has 3 nitrogen and oxygen atoms in total. The first kappa shape index (κ1) is 5.15. The zero-order chi connectivity index (χ0) is 5.98. The van der Waals surface area contributed by atoms with Crippen molar-refractivity contribution in [3.05, 3.63) is 0 Å². The van der Waals surface area contributed by atoms with Gasteiger partial charge in [0.15, 0.2) is 0 Å². The van der Waals surface area contributed by atoms with Crippen LogP contribution in [0.1, 0.15) is 6.92 Å². The van der Waals surface area contributed by atoms with Crippen LogP contribution in [0.3, 0.4) is 0 Å². The van der Waals surface area contributed by atoms with Crippen LogP contribution in [0.4, 0.5) is 0 Å². The van der Waals surface area contributed by atoms with Gasteiger partial charge in [-0.2, -0.15) is 0 Å². The summed E-state index contributed by atoms with van der Waals surface area (Å²) in [7, 11) is 0. The first-order chi connectivity index (χ1) is 3.79. The first-order valence-corrected chi connectivity index (χ1v) is 2.37. The van der Waals surface area contributed by atoms with Crippen LogP contribution < -0.4 is 0 Å². The molecule has 0 aromatic heterocycles. The van der Waals surface area contributed by atoms with E-state index in [2.05, 4.69) is 9.98 Å². The molecule has 1 amide bonds.